The van der Waals surface area contributed by atoms with E-state index in [0.29, 0.717) is 13.2 Å². The monoisotopic (exact) mass is 548 g/mol. The van der Waals surface area contributed by atoms with Gasteiger partial charge in [-0.2, -0.15) is 0 Å². The van der Waals surface area contributed by atoms with Crippen LogP contribution in [0.4, 0.5) is 0 Å². The van der Waals surface area contributed by atoms with Crippen molar-refractivity contribution in [3.63, 3.8) is 0 Å². The quantitative estimate of drug-likeness (QED) is 0.209. The molecule has 8 nitrogen and oxygen atoms in total. The number of benzene rings is 2. The molecule has 41 heavy (non-hydrogen) atoms. The summed E-state index contributed by atoms with van der Waals surface area (Å²) in [4.78, 5) is 23.8. The number of hydrogen-bond acceptors (Lipinski definition) is 6. The number of rotatable bonds is 8. The van der Waals surface area contributed by atoms with Gasteiger partial charge in [-0.15, -0.1) is 0 Å². The van der Waals surface area contributed by atoms with E-state index in [1.165, 1.54) is 7.11 Å². The summed E-state index contributed by atoms with van der Waals surface area (Å²) in [5, 5.41) is 1.13. The second-order valence-corrected chi connectivity index (χ2v) is 9.17. The van der Waals surface area contributed by atoms with Crippen molar-refractivity contribution in [3.8, 4) is 45.4 Å². The molecular formula is C33H32N4O4. The molecule has 1 N–H and O–H groups in total. The minimum Gasteiger partial charge on any atom is -0.494 e. The second kappa shape index (κ2) is 12.8. The number of hydrogen-bond donors (Lipinski definition) is 1. The Labute approximate surface area is 238 Å². The highest BCUT2D eigenvalue weighted by molar-refractivity contribution is 5.83. The maximum absolute atomic E-state index is 11.5. The summed E-state index contributed by atoms with van der Waals surface area (Å²) in [5.74, 6) is 2.21. The molecule has 2 aromatic carbocycles. The molecule has 2 aliphatic rings. The Balaban J connectivity index is 0.000000169. The van der Waals surface area contributed by atoms with E-state index >= 15 is 0 Å². The number of fused-ring (bicyclic) bond motifs is 2. The lowest BCUT2D eigenvalue weighted by Gasteiger charge is -2.09. The Bertz CT molecular complexity index is 1650. The third kappa shape index (κ3) is 6.55. The smallest absolute Gasteiger partial charge is 0.325 e. The van der Waals surface area contributed by atoms with Crippen molar-refractivity contribution in [3.05, 3.63) is 97.3 Å². The molecule has 4 aromatic rings. The zero-order chi connectivity index (χ0) is 28.6. The molecule has 0 spiro atoms. The van der Waals surface area contributed by atoms with Gasteiger partial charge in [0.2, 0.25) is 0 Å². The molecule has 0 unspecified atom stereocenters. The predicted molar refractivity (Wildman–Crippen MR) is 160 cm³/mol. The summed E-state index contributed by atoms with van der Waals surface area (Å²) in [6.07, 6.45) is 3.62. The molecule has 0 saturated heterocycles. The van der Waals surface area contributed by atoms with Crippen LogP contribution in [0.25, 0.3) is 44.9 Å². The van der Waals surface area contributed by atoms with Gasteiger partial charge in [-0.05, 0) is 104 Å². The van der Waals surface area contributed by atoms with Gasteiger partial charge in [-0.1, -0.05) is 0 Å². The van der Waals surface area contributed by atoms with E-state index in [0.717, 1.165) is 56.4 Å². The van der Waals surface area contributed by atoms with Gasteiger partial charge >= 0.3 is 5.97 Å². The predicted octanol–water partition coefficient (Wildman–Crippen LogP) is 6.86. The van der Waals surface area contributed by atoms with Crippen molar-refractivity contribution in [2.45, 2.75) is 20.4 Å². The number of nitrogens with one attached hydrogen (secondary N) is 1. The zero-order valence-corrected chi connectivity index (χ0v) is 23.3. The SMILES string of the molecule is CCOc1ccc(-c2cc3cccn(CC(=O)OC)c-3n2)cc1.CCOc1ccc(-c2cc3cccnc3[nH]2)cc1. The van der Waals surface area contributed by atoms with E-state index in [4.69, 9.17) is 14.2 Å². The summed E-state index contributed by atoms with van der Waals surface area (Å²) in [5.41, 5.74) is 5.99. The van der Waals surface area contributed by atoms with Gasteiger partial charge in [-0.3, -0.25) is 4.79 Å². The number of aromatic nitrogens is 4. The highest BCUT2D eigenvalue weighted by Gasteiger charge is 2.15. The van der Waals surface area contributed by atoms with Crippen molar-refractivity contribution in [1.82, 2.24) is 19.5 Å². The summed E-state index contributed by atoms with van der Waals surface area (Å²) < 4.78 is 17.4. The van der Waals surface area contributed by atoms with E-state index in [2.05, 4.69) is 39.2 Å². The number of nitrogens with zero attached hydrogens (tertiary/aromatic N) is 3. The molecule has 6 rings (SSSR count). The first-order valence-electron chi connectivity index (χ1n) is 13.5. The summed E-state index contributed by atoms with van der Waals surface area (Å²) in [6.45, 7) is 5.42. The largest absolute Gasteiger partial charge is 0.494 e. The molecule has 0 fully saturated rings. The number of carbonyl (C=O) groups excluding carboxylic acids is 1. The van der Waals surface area contributed by atoms with Crippen LogP contribution in [-0.2, 0) is 16.1 Å². The summed E-state index contributed by atoms with van der Waals surface area (Å²) in [7, 11) is 1.38. The minimum absolute atomic E-state index is 0.146. The number of carbonyl (C=O) groups is 1. The molecule has 0 saturated carbocycles. The first kappa shape index (κ1) is 27.5. The Hall–Kier alpha value is -5.11. The van der Waals surface area contributed by atoms with Crippen molar-refractivity contribution < 1.29 is 19.0 Å². The first-order chi connectivity index (χ1) is 20.1. The average Bonchev–Trinajstić information content (AvgIpc) is 3.64. The molecule has 2 aliphatic heterocycles. The Morgan fingerprint density at radius 3 is 2.15 bits per heavy atom. The molecule has 8 heteroatoms. The molecule has 0 aliphatic carbocycles. The van der Waals surface area contributed by atoms with E-state index in [9.17, 15) is 4.79 Å². The molecule has 0 radical (unpaired) electrons. The third-order valence-corrected chi connectivity index (χ3v) is 6.45. The normalized spacial score (nSPS) is 10.7. The van der Waals surface area contributed by atoms with Gasteiger partial charge in [-0.25, -0.2) is 9.97 Å². The standard InChI is InChI=1S/C18H18N2O3.C15H14N2O/c1-3-23-15-8-6-13(7-9-15)16-11-14-5-4-10-20(18(14)19-16)12-17(21)22-2;1-2-18-13-7-5-11(6-8-13)14-10-12-4-3-9-16-15(12)17-14/h4-11H,3,12H2,1-2H3;3-10H,2H2,1H3,(H,16,17). The van der Waals surface area contributed by atoms with Crippen molar-refractivity contribution >= 4 is 17.0 Å². The van der Waals surface area contributed by atoms with E-state index in [-0.39, 0.29) is 12.5 Å². The lowest BCUT2D eigenvalue weighted by molar-refractivity contribution is -0.141. The molecule has 0 amide bonds. The van der Waals surface area contributed by atoms with Crippen LogP contribution < -0.4 is 9.47 Å². The van der Waals surface area contributed by atoms with E-state index in [1.807, 2.05) is 80.7 Å². The Morgan fingerprint density at radius 1 is 0.829 bits per heavy atom. The van der Waals surface area contributed by atoms with Crippen LogP contribution in [-0.4, -0.2) is 45.8 Å². The van der Waals surface area contributed by atoms with Crippen LogP contribution >= 0.6 is 0 Å². The average molecular weight is 549 g/mol. The summed E-state index contributed by atoms with van der Waals surface area (Å²) >= 11 is 0. The molecule has 0 atom stereocenters. The van der Waals surface area contributed by atoms with E-state index in [1.54, 1.807) is 10.8 Å². The number of aromatic amines is 1. The number of H-pyrrole nitrogens is 1. The lowest BCUT2D eigenvalue weighted by Crippen LogP contribution is -2.13. The van der Waals surface area contributed by atoms with Crippen molar-refractivity contribution in [2.24, 2.45) is 0 Å². The van der Waals surface area contributed by atoms with Crippen LogP contribution in [0.3, 0.4) is 0 Å². The number of methoxy groups -OCH3 is 1. The Morgan fingerprint density at radius 2 is 1.51 bits per heavy atom. The molecule has 0 bridgehead atoms. The van der Waals surface area contributed by atoms with Crippen molar-refractivity contribution in [2.75, 3.05) is 20.3 Å². The zero-order valence-electron chi connectivity index (χ0n) is 23.3. The fraction of sp³-hybridized carbons (Fsp3) is 0.182. The highest BCUT2D eigenvalue weighted by Crippen LogP contribution is 2.30. The maximum Gasteiger partial charge on any atom is 0.325 e. The fourth-order valence-corrected chi connectivity index (χ4v) is 4.48. The lowest BCUT2D eigenvalue weighted by atomic mass is 10.1. The van der Waals surface area contributed by atoms with Gasteiger partial charge in [0, 0.05) is 34.6 Å². The summed E-state index contributed by atoms with van der Waals surface area (Å²) in [6, 6.07) is 27.9. The van der Waals surface area contributed by atoms with Crippen molar-refractivity contribution in [1.29, 1.82) is 0 Å². The highest BCUT2D eigenvalue weighted by atomic mass is 16.5. The van der Waals surface area contributed by atoms with Crippen LogP contribution in [0.5, 0.6) is 11.5 Å². The van der Waals surface area contributed by atoms with Crippen LogP contribution in [0.2, 0.25) is 0 Å². The molecule has 208 valence electrons. The molecular weight excluding hydrogens is 516 g/mol. The number of esters is 1. The van der Waals surface area contributed by atoms with Crippen LogP contribution in [0.1, 0.15) is 13.8 Å². The minimum atomic E-state index is -0.298. The van der Waals surface area contributed by atoms with E-state index < -0.39 is 0 Å². The number of pyridine rings is 2. The fourth-order valence-electron chi connectivity index (χ4n) is 4.48. The topological polar surface area (TPSA) is 91.3 Å². The van der Waals surface area contributed by atoms with Gasteiger partial charge in [0.1, 0.15) is 29.5 Å². The Kier molecular flexibility index (Phi) is 8.59. The van der Waals surface area contributed by atoms with Gasteiger partial charge in [0.05, 0.1) is 26.0 Å². The van der Waals surface area contributed by atoms with Crippen LogP contribution in [0.15, 0.2) is 97.3 Å². The molecule has 4 heterocycles. The number of ether oxygens (including phenoxy) is 3. The van der Waals surface area contributed by atoms with Gasteiger partial charge in [0.15, 0.2) is 0 Å². The third-order valence-electron chi connectivity index (χ3n) is 6.45. The van der Waals surface area contributed by atoms with Gasteiger partial charge in [0.25, 0.3) is 0 Å². The first-order valence-corrected chi connectivity index (χ1v) is 13.5. The second-order valence-electron chi connectivity index (χ2n) is 9.17. The van der Waals surface area contributed by atoms with Gasteiger partial charge < -0.3 is 23.8 Å². The maximum atomic E-state index is 11.5. The van der Waals surface area contributed by atoms with Crippen LogP contribution in [0, 0.1) is 0 Å². The molecule has 2 aromatic heterocycles.